The number of hydrogen-bond acceptors (Lipinski definition) is 4. The molecular formula is C15H17N3O4S. The summed E-state index contributed by atoms with van der Waals surface area (Å²) in [5.74, 6) is 0.383. The van der Waals surface area contributed by atoms with Gasteiger partial charge in [-0.25, -0.2) is 8.42 Å². The number of aromatic nitrogens is 1. The second-order valence-corrected chi connectivity index (χ2v) is 6.88. The van der Waals surface area contributed by atoms with E-state index >= 15 is 0 Å². The standard InChI is InChI=1S/C15H17N3O4S/c1-22-12-5-3-11(4-6-12)17-23(20,21)13-9-14-15(19)16-7-2-8-18(14)10-13/h3-6,9-10,17H,2,7-8H2,1H3,(H,16,19). The van der Waals surface area contributed by atoms with Crippen molar-refractivity contribution in [1.82, 2.24) is 9.88 Å². The third-order valence-electron chi connectivity index (χ3n) is 3.62. The van der Waals surface area contributed by atoms with E-state index in [1.165, 1.54) is 12.3 Å². The highest BCUT2D eigenvalue weighted by molar-refractivity contribution is 7.92. The molecule has 0 unspecified atom stereocenters. The van der Waals surface area contributed by atoms with E-state index < -0.39 is 10.0 Å². The average Bonchev–Trinajstić information content (AvgIpc) is 2.90. The molecule has 122 valence electrons. The number of rotatable bonds is 4. The minimum atomic E-state index is -3.75. The lowest BCUT2D eigenvalue weighted by molar-refractivity contribution is 0.0951. The molecule has 0 aliphatic carbocycles. The summed E-state index contributed by atoms with van der Waals surface area (Å²) >= 11 is 0. The predicted molar refractivity (Wildman–Crippen MR) is 85.2 cm³/mol. The van der Waals surface area contributed by atoms with E-state index in [2.05, 4.69) is 10.0 Å². The first-order valence-electron chi connectivity index (χ1n) is 7.15. The number of nitrogens with zero attached hydrogens (tertiary/aromatic N) is 1. The van der Waals surface area contributed by atoms with Gasteiger partial charge >= 0.3 is 0 Å². The van der Waals surface area contributed by atoms with E-state index in [4.69, 9.17) is 4.74 Å². The Labute approximate surface area is 134 Å². The summed E-state index contributed by atoms with van der Waals surface area (Å²) in [6.45, 7) is 1.19. The number of anilines is 1. The number of aryl methyl sites for hydroxylation is 1. The Morgan fingerprint density at radius 3 is 2.70 bits per heavy atom. The van der Waals surface area contributed by atoms with E-state index in [-0.39, 0.29) is 10.8 Å². The van der Waals surface area contributed by atoms with Crippen molar-refractivity contribution < 1.29 is 17.9 Å². The van der Waals surface area contributed by atoms with E-state index in [0.717, 1.165) is 6.42 Å². The monoisotopic (exact) mass is 335 g/mol. The third kappa shape index (κ3) is 3.16. The van der Waals surface area contributed by atoms with Crippen LogP contribution >= 0.6 is 0 Å². The van der Waals surface area contributed by atoms with E-state index in [1.54, 1.807) is 35.9 Å². The molecule has 0 bridgehead atoms. The van der Waals surface area contributed by atoms with Crippen molar-refractivity contribution in [3.63, 3.8) is 0 Å². The Bertz CT molecular complexity index is 825. The largest absolute Gasteiger partial charge is 0.497 e. The molecule has 0 fully saturated rings. The van der Waals surface area contributed by atoms with E-state index in [9.17, 15) is 13.2 Å². The Morgan fingerprint density at radius 2 is 2.00 bits per heavy atom. The van der Waals surface area contributed by atoms with Crippen LogP contribution < -0.4 is 14.8 Å². The van der Waals surface area contributed by atoms with Gasteiger partial charge in [0, 0.05) is 25.0 Å². The normalized spacial score (nSPS) is 14.6. The van der Waals surface area contributed by atoms with Crippen molar-refractivity contribution in [2.24, 2.45) is 0 Å². The second kappa shape index (κ2) is 5.96. The molecule has 0 saturated carbocycles. The molecule has 0 atom stereocenters. The Morgan fingerprint density at radius 1 is 1.26 bits per heavy atom. The molecule has 8 heteroatoms. The summed E-state index contributed by atoms with van der Waals surface area (Å²) in [5.41, 5.74) is 0.786. The van der Waals surface area contributed by atoms with Gasteiger partial charge in [-0.2, -0.15) is 0 Å². The molecule has 2 heterocycles. The van der Waals surface area contributed by atoms with Crippen LogP contribution in [0.3, 0.4) is 0 Å². The first kappa shape index (κ1) is 15.4. The zero-order valence-electron chi connectivity index (χ0n) is 12.6. The van der Waals surface area contributed by atoms with Gasteiger partial charge in [-0.15, -0.1) is 0 Å². The van der Waals surface area contributed by atoms with Gasteiger partial charge in [-0.05, 0) is 36.8 Å². The molecule has 1 aliphatic rings. The molecule has 23 heavy (non-hydrogen) atoms. The topological polar surface area (TPSA) is 89.4 Å². The molecule has 3 rings (SSSR count). The molecule has 1 aliphatic heterocycles. The maximum absolute atomic E-state index is 12.5. The summed E-state index contributed by atoms with van der Waals surface area (Å²) in [6, 6.07) is 7.96. The Kier molecular flexibility index (Phi) is 3.99. The predicted octanol–water partition coefficient (Wildman–Crippen LogP) is 1.43. The van der Waals surface area contributed by atoms with Gasteiger partial charge < -0.3 is 14.6 Å². The van der Waals surface area contributed by atoms with Crippen molar-refractivity contribution in [3.8, 4) is 5.75 Å². The van der Waals surface area contributed by atoms with Crippen LogP contribution in [-0.2, 0) is 16.6 Å². The number of nitrogens with one attached hydrogen (secondary N) is 2. The third-order valence-corrected chi connectivity index (χ3v) is 4.97. The van der Waals surface area contributed by atoms with Crippen LogP contribution in [0.5, 0.6) is 5.75 Å². The van der Waals surface area contributed by atoms with Crippen molar-refractivity contribution in [2.75, 3.05) is 18.4 Å². The summed E-state index contributed by atoms with van der Waals surface area (Å²) in [7, 11) is -2.21. The molecule has 7 nitrogen and oxygen atoms in total. The minimum absolute atomic E-state index is 0.0698. The lowest BCUT2D eigenvalue weighted by Crippen LogP contribution is -2.22. The van der Waals surface area contributed by atoms with Gasteiger partial charge in [0.2, 0.25) is 0 Å². The van der Waals surface area contributed by atoms with Crippen LogP contribution in [0.4, 0.5) is 5.69 Å². The van der Waals surface area contributed by atoms with Crippen molar-refractivity contribution in [2.45, 2.75) is 17.9 Å². The highest BCUT2D eigenvalue weighted by Gasteiger charge is 2.23. The minimum Gasteiger partial charge on any atom is -0.497 e. The number of carbonyl (C=O) groups excluding carboxylic acids is 1. The quantitative estimate of drug-likeness (QED) is 0.884. The van der Waals surface area contributed by atoms with Gasteiger partial charge in [0.1, 0.15) is 16.3 Å². The maximum Gasteiger partial charge on any atom is 0.267 e. The first-order chi connectivity index (χ1) is 11.0. The van der Waals surface area contributed by atoms with Crippen molar-refractivity contribution >= 4 is 21.6 Å². The number of amides is 1. The Balaban J connectivity index is 1.87. The molecule has 1 aromatic carbocycles. The zero-order valence-corrected chi connectivity index (χ0v) is 13.4. The van der Waals surface area contributed by atoms with Gasteiger partial charge in [-0.1, -0.05) is 0 Å². The number of ether oxygens (including phenoxy) is 1. The van der Waals surface area contributed by atoms with Gasteiger partial charge in [0.15, 0.2) is 0 Å². The van der Waals surface area contributed by atoms with Gasteiger partial charge in [0.25, 0.3) is 15.9 Å². The fraction of sp³-hybridized carbons (Fsp3) is 0.267. The molecule has 0 spiro atoms. The van der Waals surface area contributed by atoms with Gasteiger partial charge in [0.05, 0.1) is 7.11 Å². The van der Waals surface area contributed by atoms with Gasteiger partial charge in [-0.3, -0.25) is 9.52 Å². The second-order valence-electron chi connectivity index (χ2n) is 5.20. The molecule has 2 aromatic rings. The SMILES string of the molecule is COc1ccc(NS(=O)(=O)c2cc3n(c2)CCCNC3=O)cc1. The summed E-state index contributed by atoms with van der Waals surface area (Å²) in [6.07, 6.45) is 2.25. The molecular weight excluding hydrogens is 318 g/mol. The number of carbonyl (C=O) groups is 1. The Hall–Kier alpha value is -2.48. The fourth-order valence-corrected chi connectivity index (χ4v) is 3.52. The van der Waals surface area contributed by atoms with Crippen molar-refractivity contribution in [3.05, 3.63) is 42.2 Å². The van der Waals surface area contributed by atoms with Crippen LogP contribution in [0.25, 0.3) is 0 Å². The van der Waals surface area contributed by atoms with Crippen LogP contribution in [0, 0.1) is 0 Å². The number of hydrogen-bond donors (Lipinski definition) is 2. The van der Waals surface area contributed by atoms with E-state index in [1.807, 2.05) is 0 Å². The highest BCUT2D eigenvalue weighted by atomic mass is 32.2. The van der Waals surface area contributed by atoms with Crippen LogP contribution in [0.15, 0.2) is 41.4 Å². The molecule has 1 amide bonds. The van der Waals surface area contributed by atoms with Crippen molar-refractivity contribution in [1.29, 1.82) is 0 Å². The number of sulfonamides is 1. The highest BCUT2D eigenvalue weighted by Crippen LogP contribution is 2.21. The first-order valence-corrected chi connectivity index (χ1v) is 8.63. The number of fused-ring (bicyclic) bond motifs is 1. The average molecular weight is 335 g/mol. The molecule has 0 radical (unpaired) electrons. The maximum atomic E-state index is 12.5. The van der Waals surface area contributed by atoms with E-state index in [0.29, 0.717) is 30.2 Å². The zero-order chi connectivity index (χ0) is 16.4. The summed E-state index contributed by atoms with van der Waals surface area (Å²) in [5, 5.41) is 2.74. The van der Waals surface area contributed by atoms with Crippen LogP contribution in [-0.4, -0.2) is 32.5 Å². The summed E-state index contributed by atoms with van der Waals surface area (Å²) < 4.78 is 34.2. The molecule has 1 aromatic heterocycles. The summed E-state index contributed by atoms with van der Waals surface area (Å²) in [4.78, 5) is 12.0. The smallest absolute Gasteiger partial charge is 0.267 e. The lowest BCUT2D eigenvalue weighted by Gasteiger charge is -2.07. The van der Waals surface area contributed by atoms with Crippen LogP contribution in [0.2, 0.25) is 0 Å². The lowest BCUT2D eigenvalue weighted by atomic mass is 10.3. The fourth-order valence-electron chi connectivity index (χ4n) is 2.42. The van der Waals surface area contributed by atoms with Crippen LogP contribution in [0.1, 0.15) is 16.9 Å². The number of benzene rings is 1. The number of methoxy groups -OCH3 is 1. The molecule has 2 N–H and O–H groups in total. The molecule has 0 saturated heterocycles.